The van der Waals surface area contributed by atoms with E-state index < -0.39 is 16.4 Å². The van der Waals surface area contributed by atoms with Crippen molar-refractivity contribution in [1.82, 2.24) is 15.2 Å². The number of nitrogens with one attached hydrogen (secondary N) is 2. The van der Waals surface area contributed by atoms with E-state index in [4.69, 9.17) is 4.74 Å². The molecule has 168 valence electrons. The third-order valence-corrected chi connectivity index (χ3v) is 6.30. The van der Waals surface area contributed by atoms with Crippen LogP contribution in [0.15, 0.2) is 65.7 Å². The normalized spacial score (nSPS) is 12.5. The molecule has 4 aromatic rings. The van der Waals surface area contributed by atoms with Gasteiger partial charge in [0.2, 0.25) is 0 Å². The van der Waals surface area contributed by atoms with Gasteiger partial charge in [0.1, 0.15) is 17.3 Å². The van der Waals surface area contributed by atoms with Gasteiger partial charge in [0.05, 0.1) is 28.0 Å². The van der Waals surface area contributed by atoms with Gasteiger partial charge in [-0.05, 0) is 75.7 Å². The molecular weight excluding hydrogens is 434 g/mol. The Bertz CT molecular complexity index is 1350. The van der Waals surface area contributed by atoms with Crippen molar-refractivity contribution in [3.8, 4) is 23.1 Å². The zero-order valence-corrected chi connectivity index (χ0v) is 19.7. The maximum atomic E-state index is 12.9. The molecule has 0 aliphatic heterocycles. The van der Waals surface area contributed by atoms with E-state index in [2.05, 4.69) is 26.0 Å². The second kappa shape index (κ2) is 9.04. The Morgan fingerprint density at radius 2 is 1.88 bits per heavy atom. The fourth-order valence-corrected chi connectivity index (χ4v) is 4.21. The highest BCUT2D eigenvalue weighted by molar-refractivity contribution is 7.86. The van der Waals surface area contributed by atoms with E-state index in [9.17, 15) is 9.47 Å². The highest BCUT2D eigenvalue weighted by atomic mass is 32.2. The van der Waals surface area contributed by atoms with E-state index >= 15 is 0 Å². The molecule has 2 heterocycles. The van der Waals surface area contributed by atoms with Crippen LogP contribution in [0.5, 0.6) is 5.75 Å². The quantitative estimate of drug-likeness (QED) is 0.388. The molecule has 0 fully saturated rings. The molecule has 1 unspecified atom stereocenters. The molecule has 0 amide bonds. The highest BCUT2D eigenvalue weighted by Crippen LogP contribution is 2.30. The predicted molar refractivity (Wildman–Crippen MR) is 130 cm³/mol. The number of aromatic amines is 1. The summed E-state index contributed by atoms with van der Waals surface area (Å²) < 4.78 is 21.6. The monoisotopic (exact) mass is 459 g/mol. The third kappa shape index (κ3) is 4.89. The van der Waals surface area contributed by atoms with Crippen molar-refractivity contribution in [2.24, 2.45) is 0 Å². The minimum absolute atomic E-state index is 0.0737. The van der Waals surface area contributed by atoms with E-state index in [0.29, 0.717) is 10.7 Å². The fraction of sp³-hybridized carbons (Fsp3) is 0.240. The lowest BCUT2D eigenvalue weighted by molar-refractivity contribution is 0.243. The van der Waals surface area contributed by atoms with Crippen molar-refractivity contribution in [3.05, 3.63) is 66.4 Å². The summed E-state index contributed by atoms with van der Waals surface area (Å²) in [7, 11) is -1.51. The van der Waals surface area contributed by atoms with Crippen LogP contribution in [0.2, 0.25) is 0 Å². The molecule has 0 saturated heterocycles. The lowest BCUT2D eigenvalue weighted by atomic mass is 9.87. The van der Waals surface area contributed by atoms with Gasteiger partial charge >= 0.3 is 0 Å². The summed E-state index contributed by atoms with van der Waals surface area (Å²) in [4.78, 5) is 4.91. The molecule has 33 heavy (non-hydrogen) atoms. The molecule has 2 N–H and O–H groups in total. The molecule has 7 nitrogen and oxygen atoms in total. The van der Waals surface area contributed by atoms with Crippen molar-refractivity contribution in [2.75, 3.05) is 4.72 Å². The first-order chi connectivity index (χ1) is 15.8. The van der Waals surface area contributed by atoms with E-state index in [1.807, 2.05) is 70.2 Å². The first-order valence-corrected chi connectivity index (χ1v) is 11.7. The molecule has 2 aromatic heterocycles. The second-order valence-electron chi connectivity index (χ2n) is 8.51. The third-order valence-electron chi connectivity index (χ3n) is 5.21. The van der Waals surface area contributed by atoms with Crippen molar-refractivity contribution >= 4 is 27.7 Å². The Morgan fingerprint density at radius 1 is 1.12 bits per heavy atom. The van der Waals surface area contributed by atoms with Crippen molar-refractivity contribution in [2.45, 2.75) is 44.1 Å². The van der Waals surface area contributed by atoms with Gasteiger partial charge in [-0.15, -0.1) is 0 Å². The van der Waals surface area contributed by atoms with Crippen LogP contribution in [0.25, 0.3) is 22.2 Å². The van der Waals surface area contributed by atoms with Crippen molar-refractivity contribution in [3.63, 3.8) is 0 Å². The van der Waals surface area contributed by atoms with Gasteiger partial charge in [-0.2, -0.15) is 10.4 Å². The number of rotatable bonds is 7. The Labute approximate surface area is 195 Å². The van der Waals surface area contributed by atoms with Gasteiger partial charge in [0, 0.05) is 17.1 Å². The fourth-order valence-electron chi connectivity index (χ4n) is 3.41. The SMILES string of the molecule is CC(C)Oc1ccc2[nH]nc(-c3ccnc(NS(=O)c4ccc(C(C)(C)C#N)cc4)c3)c2c1. The average Bonchev–Trinajstić information content (AvgIpc) is 3.22. The predicted octanol–water partition coefficient (Wildman–Crippen LogP) is 5.35. The number of aromatic nitrogens is 3. The maximum absolute atomic E-state index is 12.9. The molecule has 0 bridgehead atoms. The number of hydrogen-bond acceptors (Lipinski definition) is 5. The molecule has 8 heteroatoms. The van der Waals surface area contributed by atoms with E-state index in [1.54, 1.807) is 18.3 Å². The summed E-state index contributed by atoms with van der Waals surface area (Å²) in [5, 5.41) is 17.7. The Hall–Kier alpha value is -3.70. The molecule has 0 spiro atoms. The minimum Gasteiger partial charge on any atom is -0.491 e. The molecular formula is C25H25N5O2S. The molecule has 0 saturated carbocycles. The first-order valence-electron chi connectivity index (χ1n) is 10.6. The van der Waals surface area contributed by atoms with Crippen molar-refractivity contribution in [1.29, 1.82) is 5.26 Å². The molecule has 0 aliphatic carbocycles. The van der Waals surface area contributed by atoms with Gasteiger partial charge in [-0.3, -0.25) is 9.82 Å². The lowest BCUT2D eigenvalue weighted by Crippen LogP contribution is -2.14. The van der Waals surface area contributed by atoms with Gasteiger partial charge < -0.3 is 4.74 Å². The number of hydrogen-bond donors (Lipinski definition) is 2. The number of pyridine rings is 1. The van der Waals surface area contributed by atoms with Crippen LogP contribution in [-0.4, -0.2) is 25.5 Å². The van der Waals surface area contributed by atoms with Gasteiger partial charge in [-0.1, -0.05) is 12.1 Å². The number of nitrogens with zero attached hydrogens (tertiary/aromatic N) is 3. The Morgan fingerprint density at radius 3 is 2.58 bits per heavy atom. The van der Waals surface area contributed by atoms with E-state index in [1.165, 1.54) is 0 Å². The summed E-state index contributed by atoms with van der Waals surface area (Å²) in [6.45, 7) is 7.67. The van der Waals surface area contributed by atoms with Crippen LogP contribution in [-0.2, 0) is 16.4 Å². The van der Waals surface area contributed by atoms with Crippen LogP contribution < -0.4 is 9.46 Å². The summed E-state index contributed by atoms with van der Waals surface area (Å²) in [5.74, 6) is 1.25. The van der Waals surface area contributed by atoms with Crippen LogP contribution >= 0.6 is 0 Å². The number of fused-ring (bicyclic) bond motifs is 1. The minimum atomic E-state index is -1.51. The molecule has 4 rings (SSSR count). The Kier molecular flexibility index (Phi) is 6.16. The van der Waals surface area contributed by atoms with Crippen LogP contribution in [0.1, 0.15) is 33.3 Å². The first kappa shape index (κ1) is 22.5. The molecule has 1 atom stereocenters. The summed E-state index contributed by atoms with van der Waals surface area (Å²) in [5.41, 5.74) is 2.77. The lowest BCUT2D eigenvalue weighted by Gasteiger charge is -2.16. The van der Waals surface area contributed by atoms with Gasteiger partial charge in [-0.25, -0.2) is 9.19 Å². The van der Waals surface area contributed by atoms with Gasteiger partial charge in [0.15, 0.2) is 11.0 Å². The van der Waals surface area contributed by atoms with Gasteiger partial charge in [0.25, 0.3) is 0 Å². The number of benzene rings is 2. The molecule has 2 aromatic carbocycles. The average molecular weight is 460 g/mol. The summed E-state index contributed by atoms with van der Waals surface area (Å²) in [6, 6.07) is 18.9. The number of anilines is 1. The number of H-pyrrole nitrogens is 1. The number of ether oxygens (including phenoxy) is 1. The van der Waals surface area contributed by atoms with Crippen LogP contribution in [0.4, 0.5) is 5.82 Å². The standard InChI is InChI=1S/C25H25N5O2S/c1-16(2)32-19-7-10-22-21(14-19)24(29-28-22)17-11-12-27-23(13-17)30-33(31)20-8-5-18(6-9-20)25(3,4)15-26/h5-14,16H,1-4H3,(H,27,30)(H,28,29). The summed E-state index contributed by atoms with van der Waals surface area (Å²) >= 11 is 0. The van der Waals surface area contributed by atoms with Crippen LogP contribution in [0, 0.1) is 11.3 Å². The van der Waals surface area contributed by atoms with Crippen LogP contribution in [0.3, 0.4) is 0 Å². The second-order valence-corrected chi connectivity index (χ2v) is 9.72. The Balaban J connectivity index is 1.57. The van der Waals surface area contributed by atoms with E-state index in [0.717, 1.165) is 33.5 Å². The smallest absolute Gasteiger partial charge is 0.151 e. The number of nitriles is 1. The molecule has 0 aliphatic rings. The topological polar surface area (TPSA) is 104 Å². The maximum Gasteiger partial charge on any atom is 0.151 e. The largest absolute Gasteiger partial charge is 0.491 e. The highest BCUT2D eigenvalue weighted by Gasteiger charge is 2.20. The zero-order chi connectivity index (χ0) is 23.6. The summed E-state index contributed by atoms with van der Waals surface area (Å²) in [6.07, 6.45) is 1.73. The molecule has 0 radical (unpaired) electrons. The van der Waals surface area contributed by atoms with Crippen molar-refractivity contribution < 1.29 is 8.95 Å². The zero-order valence-electron chi connectivity index (χ0n) is 18.9. The van der Waals surface area contributed by atoms with E-state index in [-0.39, 0.29) is 6.10 Å².